The van der Waals surface area contributed by atoms with Gasteiger partial charge in [0.25, 0.3) is 0 Å². The number of halogens is 1. The van der Waals surface area contributed by atoms with Crippen molar-refractivity contribution < 1.29 is 9.53 Å². The number of nitriles is 1. The average Bonchev–Trinajstić information content (AvgIpc) is 3.43. The van der Waals surface area contributed by atoms with Gasteiger partial charge in [0.1, 0.15) is 12.4 Å². The number of nitrogens with zero attached hydrogens (tertiary/aromatic N) is 7. The fraction of sp³-hybridized carbons (Fsp3) is 0.344. The largest absolute Gasteiger partial charge is 0.462 e. The van der Waals surface area contributed by atoms with Crippen molar-refractivity contribution in [2.45, 2.75) is 31.3 Å². The molecule has 6 rings (SSSR count). The van der Waals surface area contributed by atoms with Gasteiger partial charge >= 0.3 is 6.01 Å². The molecule has 0 spiro atoms. The topological polar surface area (TPSA) is 98.5 Å². The number of likely N-dealkylation sites (N-methyl/N-ethyl adjacent to an activating group) is 1. The van der Waals surface area contributed by atoms with Crippen molar-refractivity contribution >= 4 is 45.1 Å². The second kappa shape index (κ2) is 11.9. The first kappa shape index (κ1) is 27.9. The summed E-state index contributed by atoms with van der Waals surface area (Å²) in [6.45, 7) is 6.60. The van der Waals surface area contributed by atoms with E-state index in [1.807, 2.05) is 48.5 Å². The molecule has 2 aliphatic heterocycles. The highest BCUT2D eigenvalue weighted by Crippen LogP contribution is 2.35. The van der Waals surface area contributed by atoms with Crippen molar-refractivity contribution in [2.24, 2.45) is 0 Å². The van der Waals surface area contributed by atoms with Gasteiger partial charge in [-0.25, -0.2) is 4.98 Å². The molecule has 4 heterocycles. The monoisotopic (exact) mass is 581 g/mol. The first-order chi connectivity index (χ1) is 20.5. The summed E-state index contributed by atoms with van der Waals surface area (Å²) >= 11 is 6.64. The summed E-state index contributed by atoms with van der Waals surface area (Å²) in [6, 6.07) is 18.4. The summed E-state index contributed by atoms with van der Waals surface area (Å²) in [4.78, 5) is 33.2. The maximum Gasteiger partial charge on any atom is 0.320 e. The predicted molar refractivity (Wildman–Crippen MR) is 165 cm³/mol. The molecule has 214 valence electrons. The van der Waals surface area contributed by atoms with E-state index in [4.69, 9.17) is 31.3 Å². The quantitative estimate of drug-likeness (QED) is 0.278. The van der Waals surface area contributed by atoms with Crippen molar-refractivity contribution in [1.82, 2.24) is 24.8 Å². The Balaban J connectivity index is 1.42. The predicted octanol–water partition coefficient (Wildman–Crippen LogP) is 5.09. The van der Waals surface area contributed by atoms with E-state index in [0.29, 0.717) is 48.8 Å². The van der Waals surface area contributed by atoms with Gasteiger partial charge in [-0.3, -0.25) is 4.79 Å². The van der Waals surface area contributed by atoms with E-state index in [-0.39, 0.29) is 24.4 Å². The van der Waals surface area contributed by atoms with Crippen LogP contribution in [0.1, 0.15) is 19.3 Å². The number of carbonyl (C=O) groups is 1. The van der Waals surface area contributed by atoms with Crippen LogP contribution in [0.5, 0.6) is 6.01 Å². The van der Waals surface area contributed by atoms with Crippen LogP contribution in [0.3, 0.4) is 0 Å². The Bertz CT molecular complexity index is 1700. The number of benzene rings is 2. The van der Waals surface area contributed by atoms with Gasteiger partial charge in [0.05, 0.1) is 29.6 Å². The lowest BCUT2D eigenvalue weighted by Gasteiger charge is -2.41. The van der Waals surface area contributed by atoms with Crippen molar-refractivity contribution in [3.8, 4) is 23.3 Å². The zero-order valence-corrected chi connectivity index (χ0v) is 24.3. The van der Waals surface area contributed by atoms with Crippen molar-refractivity contribution in [2.75, 3.05) is 44.7 Å². The van der Waals surface area contributed by atoms with Crippen LogP contribution in [-0.4, -0.2) is 82.6 Å². The minimum absolute atomic E-state index is 0.174. The molecule has 42 heavy (non-hydrogen) atoms. The standard InChI is InChI=1S/C32H32ClN7O2/c1-3-28(41)40-18-17-39(19-22(40)14-15-34)31-25-12-13-27(24-10-4-7-21-8-5-11-26(33)29(21)24)35-30(25)36-32(37-31)42-20-23-9-6-16-38(23)2/h3-5,7-8,10-13,22-23H,1,6,9,14,16-20H2,2H3. The van der Waals surface area contributed by atoms with Crippen molar-refractivity contribution in [3.63, 3.8) is 0 Å². The minimum Gasteiger partial charge on any atom is -0.462 e. The molecule has 0 radical (unpaired) electrons. The summed E-state index contributed by atoms with van der Waals surface area (Å²) in [5.41, 5.74) is 2.18. The first-order valence-corrected chi connectivity index (χ1v) is 14.6. The molecule has 2 fully saturated rings. The zero-order chi connectivity index (χ0) is 29.2. The molecule has 4 aromatic rings. The molecule has 10 heteroatoms. The van der Waals surface area contributed by atoms with Crippen LogP contribution in [0.25, 0.3) is 33.1 Å². The van der Waals surface area contributed by atoms with Crippen LogP contribution in [0.2, 0.25) is 5.02 Å². The first-order valence-electron chi connectivity index (χ1n) is 14.2. The van der Waals surface area contributed by atoms with Gasteiger partial charge in [-0.1, -0.05) is 48.5 Å². The number of likely N-dealkylation sites (tertiary alicyclic amines) is 1. The van der Waals surface area contributed by atoms with Crippen LogP contribution in [-0.2, 0) is 4.79 Å². The number of hydrogen-bond acceptors (Lipinski definition) is 8. The second-order valence-corrected chi connectivity index (χ2v) is 11.2. The fourth-order valence-electron chi connectivity index (χ4n) is 6.03. The van der Waals surface area contributed by atoms with Gasteiger partial charge in [0, 0.05) is 41.6 Å². The van der Waals surface area contributed by atoms with Gasteiger partial charge in [0.15, 0.2) is 5.65 Å². The van der Waals surface area contributed by atoms with Gasteiger partial charge < -0.3 is 19.4 Å². The number of aromatic nitrogens is 3. The molecular formula is C32H32ClN7O2. The van der Waals surface area contributed by atoms with E-state index in [1.165, 1.54) is 6.08 Å². The normalized spacial score (nSPS) is 19.3. The van der Waals surface area contributed by atoms with Gasteiger partial charge in [-0.05, 0) is 56.1 Å². The molecule has 0 bridgehead atoms. The molecule has 2 aromatic carbocycles. The highest BCUT2D eigenvalue weighted by Gasteiger charge is 2.31. The highest BCUT2D eigenvalue weighted by atomic mass is 35.5. The molecule has 0 N–H and O–H groups in total. The number of rotatable bonds is 7. The third kappa shape index (κ3) is 5.36. The lowest BCUT2D eigenvalue weighted by atomic mass is 10.0. The third-order valence-corrected chi connectivity index (χ3v) is 8.61. The van der Waals surface area contributed by atoms with Crippen LogP contribution in [0.15, 0.2) is 61.2 Å². The van der Waals surface area contributed by atoms with Gasteiger partial charge in [-0.2, -0.15) is 15.2 Å². The minimum atomic E-state index is -0.291. The maximum absolute atomic E-state index is 12.5. The van der Waals surface area contributed by atoms with E-state index in [2.05, 4.69) is 29.5 Å². The molecule has 0 saturated carbocycles. The number of ether oxygens (including phenoxy) is 1. The molecule has 2 atom stereocenters. The third-order valence-electron chi connectivity index (χ3n) is 8.29. The second-order valence-electron chi connectivity index (χ2n) is 10.8. The number of pyridine rings is 1. The van der Waals surface area contributed by atoms with E-state index in [1.54, 1.807) is 4.90 Å². The number of piperazine rings is 1. The Labute approximate surface area is 250 Å². The van der Waals surface area contributed by atoms with E-state index >= 15 is 0 Å². The van der Waals surface area contributed by atoms with Crippen molar-refractivity contribution in [3.05, 3.63) is 66.2 Å². The smallest absolute Gasteiger partial charge is 0.320 e. The van der Waals surface area contributed by atoms with E-state index in [9.17, 15) is 10.1 Å². The molecule has 0 aliphatic carbocycles. The molecule has 9 nitrogen and oxygen atoms in total. The number of carbonyl (C=O) groups excluding carboxylic acids is 1. The number of amides is 1. The Morgan fingerprint density at radius 1 is 1.12 bits per heavy atom. The summed E-state index contributed by atoms with van der Waals surface area (Å²) in [5, 5.41) is 12.9. The average molecular weight is 582 g/mol. The van der Waals surface area contributed by atoms with Gasteiger partial charge in [-0.15, -0.1) is 0 Å². The molecule has 2 unspecified atom stereocenters. The number of anilines is 1. The summed E-state index contributed by atoms with van der Waals surface area (Å²) < 4.78 is 6.20. The molecule has 2 saturated heterocycles. The van der Waals surface area contributed by atoms with Crippen LogP contribution < -0.4 is 9.64 Å². The van der Waals surface area contributed by atoms with Crippen LogP contribution >= 0.6 is 11.6 Å². The summed E-state index contributed by atoms with van der Waals surface area (Å²) in [7, 11) is 2.11. The number of fused-ring (bicyclic) bond motifs is 2. The van der Waals surface area contributed by atoms with Crippen LogP contribution in [0, 0.1) is 11.3 Å². The molecule has 2 aliphatic rings. The van der Waals surface area contributed by atoms with E-state index in [0.717, 1.165) is 46.8 Å². The Morgan fingerprint density at radius 2 is 1.95 bits per heavy atom. The molecule has 2 aromatic heterocycles. The van der Waals surface area contributed by atoms with Crippen molar-refractivity contribution in [1.29, 1.82) is 5.26 Å². The highest BCUT2D eigenvalue weighted by molar-refractivity contribution is 6.36. The summed E-state index contributed by atoms with van der Waals surface area (Å²) in [6.07, 6.45) is 3.72. The molecular weight excluding hydrogens is 550 g/mol. The lowest BCUT2D eigenvalue weighted by molar-refractivity contribution is -0.128. The summed E-state index contributed by atoms with van der Waals surface area (Å²) in [5.74, 6) is 0.505. The zero-order valence-electron chi connectivity index (χ0n) is 23.5. The Morgan fingerprint density at radius 3 is 2.71 bits per heavy atom. The van der Waals surface area contributed by atoms with E-state index < -0.39 is 0 Å². The SMILES string of the molecule is C=CC(=O)N1CCN(c2nc(OCC3CCCN3C)nc3nc(-c4cccc5cccc(Cl)c45)ccc23)CC1CC#N. The maximum atomic E-state index is 12.5. The molecule has 1 amide bonds. The fourth-order valence-corrected chi connectivity index (χ4v) is 6.32. The lowest BCUT2D eigenvalue weighted by Crippen LogP contribution is -2.55. The Hall–Kier alpha value is -4.26. The van der Waals surface area contributed by atoms with Gasteiger partial charge in [0.2, 0.25) is 5.91 Å². The van der Waals surface area contributed by atoms with Crippen LogP contribution in [0.4, 0.5) is 5.82 Å². The number of hydrogen-bond donors (Lipinski definition) is 0. The Kier molecular flexibility index (Phi) is 7.92.